The second-order valence-electron chi connectivity index (χ2n) is 4.49. The van der Waals surface area contributed by atoms with E-state index in [2.05, 4.69) is 45.1 Å². The normalized spacial score (nSPS) is 22.6. The second-order valence-corrected chi connectivity index (χ2v) is 4.49. The first-order chi connectivity index (χ1) is 7.81. The average molecular weight is 305 g/mol. The van der Waals surface area contributed by atoms with Crippen molar-refractivity contribution in [3.8, 4) is 0 Å². The van der Waals surface area contributed by atoms with Crippen LogP contribution in [-0.2, 0) is 26.2 Å². The smallest absolute Gasteiger partial charge is 0 e. The predicted molar refractivity (Wildman–Crippen MR) is 70.0 cm³/mol. The zero-order valence-corrected chi connectivity index (χ0v) is 13.6. The Balaban J connectivity index is 0.00000144. The van der Waals surface area contributed by atoms with E-state index in [-0.39, 0.29) is 26.2 Å². The molecule has 0 nitrogen and oxygen atoms in total. The van der Waals surface area contributed by atoms with Gasteiger partial charge in [0.1, 0.15) is 0 Å². The van der Waals surface area contributed by atoms with Crippen LogP contribution in [0.5, 0.6) is 0 Å². The predicted octanol–water partition coefficient (Wildman–Crippen LogP) is 4.76. The summed E-state index contributed by atoms with van der Waals surface area (Å²) in [4.78, 5) is 0. The van der Waals surface area contributed by atoms with E-state index in [0.717, 1.165) is 19.3 Å². The Morgan fingerprint density at radius 1 is 1.18 bits per heavy atom. The zero-order chi connectivity index (χ0) is 11.5. The Morgan fingerprint density at radius 2 is 1.94 bits per heavy atom. The van der Waals surface area contributed by atoms with Gasteiger partial charge in [-0.05, 0) is 6.42 Å². The Morgan fingerprint density at radius 3 is 2.41 bits per heavy atom. The van der Waals surface area contributed by atoms with Gasteiger partial charge in [-0.15, -0.1) is 0 Å². The maximum Gasteiger partial charge on any atom is 0 e. The van der Waals surface area contributed by atoms with Crippen molar-refractivity contribution in [1.29, 1.82) is 0 Å². The van der Waals surface area contributed by atoms with Crippen LogP contribution in [0.15, 0.2) is 40.5 Å². The van der Waals surface area contributed by atoms with E-state index >= 15 is 0 Å². The summed E-state index contributed by atoms with van der Waals surface area (Å²) < 4.78 is 0. The standard InChI is InChI=1S/C16H21.Zr/c1-4-12-11-16(13-9-7-8-10-13)15(6-3)14(12)5-2;/h7-9,16H,4-6,10H2,1-3H3;/q-1;. The van der Waals surface area contributed by atoms with Crippen LogP contribution in [0, 0.1) is 12.0 Å². The second kappa shape index (κ2) is 6.69. The molecule has 90 valence electrons. The fourth-order valence-corrected chi connectivity index (χ4v) is 2.88. The summed E-state index contributed by atoms with van der Waals surface area (Å²) in [6.07, 6.45) is 15.0. The van der Waals surface area contributed by atoms with Crippen molar-refractivity contribution >= 4 is 0 Å². The quantitative estimate of drug-likeness (QED) is 0.657. The largest absolute Gasteiger partial charge is 0.261 e. The first kappa shape index (κ1) is 14.9. The van der Waals surface area contributed by atoms with Crippen LogP contribution in [0.25, 0.3) is 0 Å². The van der Waals surface area contributed by atoms with Crippen molar-refractivity contribution in [3.63, 3.8) is 0 Å². The van der Waals surface area contributed by atoms with Gasteiger partial charge in [-0.3, -0.25) is 6.08 Å². The van der Waals surface area contributed by atoms with Crippen molar-refractivity contribution in [3.05, 3.63) is 46.6 Å². The Kier molecular flexibility index (Phi) is 5.86. The van der Waals surface area contributed by atoms with E-state index < -0.39 is 0 Å². The molecular formula is C16H21Zr-. The molecule has 0 spiro atoms. The van der Waals surface area contributed by atoms with Gasteiger partial charge in [-0.1, -0.05) is 69.8 Å². The summed E-state index contributed by atoms with van der Waals surface area (Å²) >= 11 is 0. The summed E-state index contributed by atoms with van der Waals surface area (Å²) in [6, 6.07) is 0. The van der Waals surface area contributed by atoms with Crippen molar-refractivity contribution in [2.75, 3.05) is 0 Å². The van der Waals surface area contributed by atoms with Crippen molar-refractivity contribution < 1.29 is 26.2 Å². The molecule has 0 aliphatic heterocycles. The molecule has 1 heteroatoms. The monoisotopic (exact) mass is 303 g/mol. The van der Waals surface area contributed by atoms with Crippen LogP contribution in [0.4, 0.5) is 0 Å². The van der Waals surface area contributed by atoms with Crippen LogP contribution in [0.2, 0.25) is 0 Å². The van der Waals surface area contributed by atoms with Gasteiger partial charge in [-0.25, -0.2) is 5.57 Å². The van der Waals surface area contributed by atoms with E-state index in [4.69, 9.17) is 0 Å². The molecule has 0 fully saturated rings. The van der Waals surface area contributed by atoms with Crippen LogP contribution < -0.4 is 0 Å². The minimum absolute atomic E-state index is 0. The van der Waals surface area contributed by atoms with Crippen molar-refractivity contribution in [2.45, 2.75) is 46.5 Å². The Bertz CT molecular complexity index is 394. The maximum absolute atomic E-state index is 3.72. The maximum atomic E-state index is 3.72. The molecular weight excluding hydrogens is 283 g/mol. The summed E-state index contributed by atoms with van der Waals surface area (Å²) in [7, 11) is 0. The van der Waals surface area contributed by atoms with Gasteiger partial charge in [0.25, 0.3) is 0 Å². The summed E-state index contributed by atoms with van der Waals surface area (Å²) in [5.74, 6) is 0.491. The molecule has 2 aliphatic carbocycles. The van der Waals surface area contributed by atoms with Gasteiger partial charge in [0.15, 0.2) is 0 Å². The van der Waals surface area contributed by atoms with Gasteiger partial charge in [0.05, 0.1) is 0 Å². The SMILES string of the molecule is CCC1=[C-]C(C2=CC=CC2)C(CC)=C1CC.[Zr]. The molecule has 1 atom stereocenters. The Hall–Kier alpha value is -0.157. The molecule has 0 amide bonds. The van der Waals surface area contributed by atoms with Crippen LogP contribution in [0.3, 0.4) is 0 Å². The molecule has 1 unspecified atom stereocenters. The number of hydrogen-bond donors (Lipinski definition) is 0. The van der Waals surface area contributed by atoms with Gasteiger partial charge in [0.2, 0.25) is 0 Å². The topological polar surface area (TPSA) is 0 Å². The summed E-state index contributed by atoms with van der Waals surface area (Å²) in [5, 5.41) is 0. The van der Waals surface area contributed by atoms with Gasteiger partial charge >= 0.3 is 0 Å². The van der Waals surface area contributed by atoms with E-state index in [9.17, 15) is 0 Å². The third-order valence-electron chi connectivity index (χ3n) is 3.68. The molecule has 0 N–H and O–H groups in total. The number of hydrogen-bond acceptors (Lipinski definition) is 0. The molecule has 0 saturated heterocycles. The van der Waals surface area contributed by atoms with Crippen LogP contribution >= 0.6 is 0 Å². The third kappa shape index (κ3) is 2.81. The van der Waals surface area contributed by atoms with Crippen molar-refractivity contribution in [2.24, 2.45) is 5.92 Å². The molecule has 0 aromatic rings. The van der Waals surface area contributed by atoms with Crippen molar-refractivity contribution in [1.82, 2.24) is 0 Å². The first-order valence-corrected chi connectivity index (χ1v) is 6.52. The number of allylic oxidation sites excluding steroid dienone is 8. The van der Waals surface area contributed by atoms with E-state index in [0.29, 0.717) is 5.92 Å². The van der Waals surface area contributed by atoms with Gasteiger partial charge in [0, 0.05) is 26.2 Å². The van der Waals surface area contributed by atoms with Crippen LogP contribution in [0.1, 0.15) is 46.5 Å². The number of rotatable bonds is 4. The van der Waals surface area contributed by atoms with E-state index in [1.165, 1.54) is 17.6 Å². The summed E-state index contributed by atoms with van der Waals surface area (Å²) in [5.41, 5.74) is 6.21. The average Bonchev–Trinajstić information content (AvgIpc) is 2.94. The minimum atomic E-state index is 0. The molecule has 2 rings (SSSR count). The molecule has 0 aromatic carbocycles. The molecule has 2 aliphatic rings. The molecule has 0 saturated carbocycles. The van der Waals surface area contributed by atoms with Gasteiger partial charge < -0.3 is 0 Å². The summed E-state index contributed by atoms with van der Waals surface area (Å²) in [6.45, 7) is 6.79. The molecule has 0 aromatic heterocycles. The molecule has 0 bridgehead atoms. The third-order valence-corrected chi connectivity index (χ3v) is 3.68. The fraction of sp³-hybridized carbons (Fsp3) is 0.500. The zero-order valence-electron chi connectivity index (χ0n) is 11.1. The van der Waals surface area contributed by atoms with E-state index in [1.807, 2.05) is 0 Å². The minimum Gasteiger partial charge on any atom is -0.261 e. The van der Waals surface area contributed by atoms with E-state index in [1.54, 1.807) is 11.1 Å². The molecule has 0 heterocycles. The molecule has 17 heavy (non-hydrogen) atoms. The molecule has 0 radical (unpaired) electrons. The first-order valence-electron chi connectivity index (χ1n) is 6.52. The Labute approximate surface area is 125 Å². The van der Waals surface area contributed by atoms with Gasteiger partial charge in [-0.2, -0.15) is 11.1 Å². The fourth-order valence-electron chi connectivity index (χ4n) is 2.88. The van der Waals surface area contributed by atoms with Crippen LogP contribution in [-0.4, -0.2) is 0 Å².